The van der Waals surface area contributed by atoms with Gasteiger partial charge in [-0.2, -0.15) is 0 Å². The van der Waals surface area contributed by atoms with Crippen molar-refractivity contribution in [2.24, 2.45) is 5.14 Å². The lowest BCUT2D eigenvalue weighted by Gasteiger charge is -2.09. The molecule has 0 aliphatic heterocycles. The van der Waals surface area contributed by atoms with E-state index in [-0.39, 0.29) is 16.5 Å². The van der Waals surface area contributed by atoms with E-state index in [2.05, 4.69) is 5.32 Å². The number of carbonyl (C=O) groups excluding carboxylic acids is 1. The van der Waals surface area contributed by atoms with E-state index in [0.29, 0.717) is 32.9 Å². The minimum atomic E-state index is -3.86. The number of rotatable bonds is 9. The lowest BCUT2D eigenvalue weighted by atomic mass is 10.4. The van der Waals surface area contributed by atoms with Crippen LogP contribution in [0.4, 0.5) is 0 Å². The summed E-state index contributed by atoms with van der Waals surface area (Å²) in [6.07, 6.45) is 1.33. The monoisotopic (exact) mass is 319 g/mol. The van der Waals surface area contributed by atoms with E-state index in [0.717, 1.165) is 0 Å². The maximum atomic E-state index is 12.1. The number of ether oxygens (including phenoxy) is 2. The molecule has 0 aliphatic carbocycles. The Morgan fingerprint density at radius 3 is 2.71 bits per heavy atom. The normalized spacial score (nSPS) is 11.6. The summed E-state index contributed by atoms with van der Waals surface area (Å²) < 4.78 is 34.3. The number of methoxy groups -OCH3 is 1. The maximum Gasteiger partial charge on any atom is 0.268 e. The summed E-state index contributed by atoms with van der Waals surface area (Å²) in [5, 5.41) is 7.74. The highest BCUT2D eigenvalue weighted by molar-refractivity contribution is 7.89. The number of hydrogen-bond acceptors (Lipinski definition) is 5. The molecule has 0 aliphatic rings. The number of nitrogens with one attached hydrogen (secondary N) is 1. The first-order valence-electron chi connectivity index (χ1n) is 6.48. The van der Waals surface area contributed by atoms with Gasteiger partial charge in [0.25, 0.3) is 5.91 Å². The Kier molecular flexibility index (Phi) is 6.82. The molecular formula is C12H21N3O5S. The van der Waals surface area contributed by atoms with E-state index in [1.165, 1.54) is 23.9 Å². The van der Waals surface area contributed by atoms with Gasteiger partial charge in [-0.05, 0) is 13.0 Å². The van der Waals surface area contributed by atoms with Gasteiger partial charge in [-0.1, -0.05) is 0 Å². The number of nitrogens with two attached hydrogens (primary N) is 1. The molecule has 0 unspecified atom stereocenters. The largest absolute Gasteiger partial charge is 0.383 e. The molecule has 120 valence electrons. The Morgan fingerprint density at radius 1 is 1.43 bits per heavy atom. The van der Waals surface area contributed by atoms with Crippen molar-refractivity contribution in [1.29, 1.82) is 0 Å². The smallest absolute Gasteiger partial charge is 0.268 e. The zero-order valence-electron chi connectivity index (χ0n) is 12.2. The SMILES string of the molecule is CCOCCNC(=O)c1cc(S(N)(=O)=O)cn1CCOC. The molecule has 21 heavy (non-hydrogen) atoms. The van der Waals surface area contributed by atoms with Crippen molar-refractivity contribution in [1.82, 2.24) is 9.88 Å². The average Bonchev–Trinajstić information content (AvgIpc) is 2.85. The average molecular weight is 319 g/mol. The highest BCUT2D eigenvalue weighted by atomic mass is 32.2. The highest BCUT2D eigenvalue weighted by Gasteiger charge is 2.18. The molecule has 1 aromatic rings. The first kappa shape index (κ1) is 17.6. The van der Waals surface area contributed by atoms with Crippen molar-refractivity contribution in [2.75, 3.05) is 33.5 Å². The molecule has 0 radical (unpaired) electrons. The third-order valence-electron chi connectivity index (χ3n) is 2.71. The van der Waals surface area contributed by atoms with Gasteiger partial charge in [-0.25, -0.2) is 13.6 Å². The Morgan fingerprint density at radius 2 is 2.14 bits per heavy atom. The van der Waals surface area contributed by atoms with Gasteiger partial charge in [0, 0.05) is 33.0 Å². The Balaban J connectivity index is 2.86. The van der Waals surface area contributed by atoms with E-state index >= 15 is 0 Å². The van der Waals surface area contributed by atoms with Crippen molar-refractivity contribution in [3.05, 3.63) is 18.0 Å². The fourth-order valence-corrected chi connectivity index (χ4v) is 2.23. The summed E-state index contributed by atoms with van der Waals surface area (Å²) in [6, 6.07) is 1.25. The minimum Gasteiger partial charge on any atom is -0.383 e. The second-order valence-electron chi connectivity index (χ2n) is 4.25. The molecule has 0 saturated carbocycles. The van der Waals surface area contributed by atoms with Crippen LogP contribution >= 0.6 is 0 Å². The molecule has 0 aromatic carbocycles. The number of nitrogens with zero attached hydrogens (tertiary/aromatic N) is 1. The van der Waals surface area contributed by atoms with Gasteiger partial charge in [-0.3, -0.25) is 4.79 Å². The maximum absolute atomic E-state index is 12.1. The molecule has 1 amide bonds. The molecule has 8 nitrogen and oxygen atoms in total. The van der Waals surface area contributed by atoms with Crippen LogP contribution in [0.5, 0.6) is 0 Å². The molecule has 9 heteroatoms. The molecule has 0 saturated heterocycles. The summed E-state index contributed by atoms with van der Waals surface area (Å²) in [7, 11) is -2.34. The Hall–Kier alpha value is -1.42. The molecular weight excluding hydrogens is 298 g/mol. The van der Waals surface area contributed by atoms with Gasteiger partial charge in [-0.15, -0.1) is 0 Å². The number of amides is 1. The van der Waals surface area contributed by atoms with E-state index < -0.39 is 10.0 Å². The first-order valence-corrected chi connectivity index (χ1v) is 8.02. The molecule has 3 N–H and O–H groups in total. The van der Waals surface area contributed by atoms with E-state index in [1.807, 2.05) is 6.92 Å². The lowest BCUT2D eigenvalue weighted by Crippen LogP contribution is -2.29. The van der Waals surface area contributed by atoms with E-state index in [9.17, 15) is 13.2 Å². The predicted molar refractivity (Wildman–Crippen MR) is 76.5 cm³/mol. The van der Waals surface area contributed by atoms with Gasteiger partial charge in [0.15, 0.2) is 0 Å². The number of primary sulfonamides is 1. The second-order valence-corrected chi connectivity index (χ2v) is 5.81. The van der Waals surface area contributed by atoms with Crippen molar-refractivity contribution in [3.8, 4) is 0 Å². The first-order chi connectivity index (χ1) is 9.90. The number of sulfonamides is 1. The number of hydrogen-bond donors (Lipinski definition) is 2. The summed E-state index contributed by atoms with van der Waals surface area (Å²) in [4.78, 5) is 12.0. The van der Waals surface area contributed by atoms with Crippen LogP contribution < -0.4 is 10.5 Å². The van der Waals surface area contributed by atoms with Crippen LogP contribution in [0.25, 0.3) is 0 Å². The highest BCUT2D eigenvalue weighted by Crippen LogP contribution is 2.13. The fourth-order valence-electron chi connectivity index (χ4n) is 1.68. The number of aromatic nitrogens is 1. The summed E-state index contributed by atoms with van der Waals surface area (Å²) in [5.41, 5.74) is 0.215. The molecule has 1 aromatic heterocycles. The van der Waals surface area contributed by atoms with E-state index in [1.54, 1.807) is 0 Å². The van der Waals surface area contributed by atoms with Crippen molar-refractivity contribution in [3.63, 3.8) is 0 Å². The Bertz CT molecular complexity index is 567. The van der Waals surface area contributed by atoms with Crippen LogP contribution in [0.2, 0.25) is 0 Å². The number of carbonyl (C=O) groups is 1. The molecule has 0 fully saturated rings. The third-order valence-corrected chi connectivity index (χ3v) is 3.59. The van der Waals surface area contributed by atoms with Crippen LogP contribution in [0.1, 0.15) is 17.4 Å². The Labute approximate surface area is 124 Å². The molecule has 0 bridgehead atoms. The van der Waals surface area contributed by atoms with Crippen molar-refractivity contribution >= 4 is 15.9 Å². The van der Waals surface area contributed by atoms with Gasteiger partial charge in [0.2, 0.25) is 10.0 Å². The summed E-state index contributed by atoms with van der Waals surface area (Å²) in [5.74, 6) is -0.388. The minimum absolute atomic E-state index is 0.103. The zero-order valence-corrected chi connectivity index (χ0v) is 13.0. The summed E-state index contributed by atoms with van der Waals surface area (Å²) >= 11 is 0. The van der Waals surface area contributed by atoms with Crippen LogP contribution in [-0.4, -0.2) is 52.4 Å². The zero-order chi connectivity index (χ0) is 15.9. The van der Waals surface area contributed by atoms with Gasteiger partial charge >= 0.3 is 0 Å². The molecule has 1 rings (SSSR count). The van der Waals surface area contributed by atoms with Crippen LogP contribution in [0.3, 0.4) is 0 Å². The summed E-state index contributed by atoms with van der Waals surface area (Å²) in [6.45, 7) is 3.85. The van der Waals surface area contributed by atoms with Crippen LogP contribution in [0, 0.1) is 0 Å². The second kappa shape index (κ2) is 8.13. The third kappa shape index (κ3) is 5.46. The van der Waals surface area contributed by atoms with Crippen molar-refractivity contribution < 1.29 is 22.7 Å². The van der Waals surface area contributed by atoms with Crippen molar-refractivity contribution in [2.45, 2.75) is 18.4 Å². The van der Waals surface area contributed by atoms with Gasteiger partial charge in [0.1, 0.15) is 10.6 Å². The quantitative estimate of drug-likeness (QED) is 0.599. The van der Waals surface area contributed by atoms with Crippen LogP contribution in [-0.2, 0) is 26.0 Å². The predicted octanol–water partition coefficient (Wildman–Crippen LogP) is -0.452. The fraction of sp³-hybridized carbons (Fsp3) is 0.583. The standard InChI is InChI=1S/C12H21N3O5S/c1-3-20-6-4-14-12(16)11-8-10(21(13,17)18)9-15(11)5-7-19-2/h8-9H,3-7H2,1-2H3,(H,14,16)(H2,13,17,18). The topological polar surface area (TPSA) is 113 Å². The van der Waals surface area contributed by atoms with Gasteiger partial charge in [0.05, 0.1) is 13.2 Å². The lowest BCUT2D eigenvalue weighted by molar-refractivity contribution is 0.0911. The molecule has 0 atom stereocenters. The van der Waals surface area contributed by atoms with Gasteiger partial charge < -0.3 is 19.4 Å². The molecule has 0 spiro atoms. The van der Waals surface area contributed by atoms with Crippen LogP contribution in [0.15, 0.2) is 17.2 Å². The van der Waals surface area contributed by atoms with E-state index in [4.69, 9.17) is 14.6 Å². The molecule has 1 heterocycles.